The minimum absolute atomic E-state index is 0.323. The van der Waals surface area contributed by atoms with E-state index in [0.29, 0.717) is 21.1 Å². The molecular weight excluding hydrogens is 314 g/mol. The van der Waals surface area contributed by atoms with E-state index in [1.807, 2.05) is 31.2 Å². The van der Waals surface area contributed by atoms with Crippen molar-refractivity contribution < 1.29 is 9.53 Å². The van der Waals surface area contributed by atoms with Crippen LogP contribution in [-0.2, 0) is 4.74 Å². The van der Waals surface area contributed by atoms with Crippen LogP contribution in [0, 0.1) is 6.92 Å². The molecule has 1 aromatic heterocycles. The predicted molar refractivity (Wildman–Crippen MR) is 75.9 cm³/mol. The number of rotatable bonds is 3. The van der Waals surface area contributed by atoms with E-state index in [1.165, 1.54) is 16.9 Å². The van der Waals surface area contributed by atoms with Crippen LogP contribution < -0.4 is 0 Å². The van der Waals surface area contributed by atoms with Gasteiger partial charge in [0.2, 0.25) is 0 Å². The molecule has 0 atom stereocenters. The maximum Gasteiger partial charge on any atom is 0.350 e. The molecule has 0 fully saturated rings. The van der Waals surface area contributed by atoms with E-state index in [9.17, 15) is 4.79 Å². The molecule has 1 aromatic carbocycles. The number of benzene rings is 1. The molecule has 0 amide bonds. The third-order valence-electron chi connectivity index (χ3n) is 2.39. The molecule has 0 radical (unpaired) electrons. The summed E-state index contributed by atoms with van der Waals surface area (Å²) in [6, 6.07) is 7.91. The highest BCUT2D eigenvalue weighted by molar-refractivity contribution is 9.11. The summed E-state index contributed by atoms with van der Waals surface area (Å²) in [4.78, 5) is 16.7. The molecule has 0 saturated carbocycles. The number of aromatic nitrogens is 1. The molecule has 0 aliphatic rings. The van der Waals surface area contributed by atoms with Crippen molar-refractivity contribution in [2.24, 2.45) is 0 Å². The Morgan fingerprint density at radius 3 is 2.67 bits per heavy atom. The van der Waals surface area contributed by atoms with Crippen LogP contribution in [0.15, 0.2) is 28.2 Å². The van der Waals surface area contributed by atoms with E-state index in [-0.39, 0.29) is 5.97 Å². The van der Waals surface area contributed by atoms with E-state index in [2.05, 4.69) is 20.9 Å². The van der Waals surface area contributed by atoms with Gasteiger partial charge in [-0.05, 0) is 29.8 Å². The molecule has 0 saturated heterocycles. The van der Waals surface area contributed by atoms with Gasteiger partial charge in [-0.2, -0.15) is 0 Å². The van der Waals surface area contributed by atoms with Gasteiger partial charge in [-0.25, -0.2) is 9.78 Å². The van der Waals surface area contributed by atoms with Gasteiger partial charge >= 0.3 is 5.97 Å². The van der Waals surface area contributed by atoms with Crippen molar-refractivity contribution in [2.75, 3.05) is 6.61 Å². The lowest BCUT2D eigenvalue weighted by molar-refractivity contribution is 0.0532. The van der Waals surface area contributed by atoms with E-state index in [0.717, 1.165) is 5.56 Å². The number of hydrogen-bond donors (Lipinski definition) is 0. The van der Waals surface area contributed by atoms with Crippen molar-refractivity contribution in [3.8, 4) is 11.3 Å². The quantitative estimate of drug-likeness (QED) is 0.799. The molecule has 0 N–H and O–H groups in total. The number of hydrogen-bond acceptors (Lipinski definition) is 4. The molecule has 18 heavy (non-hydrogen) atoms. The number of carbonyl (C=O) groups is 1. The predicted octanol–water partition coefficient (Wildman–Crippen LogP) is 4.06. The molecule has 0 spiro atoms. The van der Waals surface area contributed by atoms with Crippen LogP contribution in [0.3, 0.4) is 0 Å². The lowest BCUT2D eigenvalue weighted by Gasteiger charge is -2.02. The molecule has 94 valence electrons. The first kappa shape index (κ1) is 13.2. The molecule has 2 aromatic rings. The monoisotopic (exact) mass is 325 g/mol. The van der Waals surface area contributed by atoms with Gasteiger partial charge in [0.15, 0.2) is 3.92 Å². The summed E-state index contributed by atoms with van der Waals surface area (Å²) in [5, 5.41) is 0. The third-order valence-corrected chi connectivity index (χ3v) is 3.87. The summed E-state index contributed by atoms with van der Waals surface area (Å²) < 4.78 is 5.72. The molecule has 0 aliphatic carbocycles. The van der Waals surface area contributed by atoms with Crippen molar-refractivity contribution in [1.82, 2.24) is 4.98 Å². The second-order valence-corrected chi connectivity index (χ2v) is 6.01. The average Bonchev–Trinajstić information content (AvgIpc) is 2.73. The Bertz CT molecular complexity index is 563. The normalized spacial score (nSPS) is 10.4. The molecular formula is C13H12BrNO2S. The summed E-state index contributed by atoms with van der Waals surface area (Å²) in [6.45, 7) is 4.17. The average molecular weight is 326 g/mol. The lowest BCUT2D eigenvalue weighted by atomic mass is 10.1. The second-order valence-electron chi connectivity index (χ2n) is 3.73. The van der Waals surface area contributed by atoms with Crippen molar-refractivity contribution in [3.05, 3.63) is 38.6 Å². The van der Waals surface area contributed by atoms with Crippen LogP contribution in [0.4, 0.5) is 0 Å². The molecule has 0 unspecified atom stereocenters. The summed E-state index contributed by atoms with van der Waals surface area (Å²) in [5.41, 5.74) is 2.77. The van der Waals surface area contributed by atoms with E-state index < -0.39 is 0 Å². The number of nitrogens with zero attached hydrogens (tertiary/aromatic N) is 1. The van der Waals surface area contributed by atoms with Gasteiger partial charge < -0.3 is 4.74 Å². The standard InChI is InChI=1S/C13H12BrNO2S/c1-3-17-12(16)11-10(15-13(14)18-11)9-6-4-8(2)5-7-9/h4-7H,3H2,1-2H3. The minimum atomic E-state index is -0.323. The highest BCUT2D eigenvalue weighted by Crippen LogP contribution is 2.31. The Hall–Kier alpha value is -1.20. The Morgan fingerprint density at radius 2 is 2.06 bits per heavy atom. The smallest absolute Gasteiger partial charge is 0.350 e. The summed E-state index contributed by atoms with van der Waals surface area (Å²) in [5.74, 6) is -0.323. The number of thiazole rings is 1. The second kappa shape index (κ2) is 5.63. The van der Waals surface area contributed by atoms with Crippen LogP contribution >= 0.6 is 27.3 Å². The Labute approximate surface area is 118 Å². The lowest BCUT2D eigenvalue weighted by Crippen LogP contribution is -2.03. The topological polar surface area (TPSA) is 39.2 Å². The van der Waals surface area contributed by atoms with Gasteiger partial charge in [0.25, 0.3) is 0 Å². The molecule has 0 bridgehead atoms. The van der Waals surface area contributed by atoms with Crippen LogP contribution in [-0.4, -0.2) is 17.6 Å². The maximum atomic E-state index is 11.8. The van der Waals surface area contributed by atoms with Crippen molar-refractivity contribution in [1.29, 1.82) is 0 Å². The first-order chi connectivity index (χ1) is 8.61. The summed E-state index contributed by atoms with van der Waals surface area (Å²) in [6.07, 6.45) is 0. The maximum absolute atomic E-state index is 11.8. The first-order valence-corrected chi connectivity index (χ1v) is 7.13. The zero-order valence-electron chi connectivity index (χ0n) is 10.1. The number of aryl methyl sites for hydroxylation is 1. The van der Waals surface area contributed by atoms with Crippen LogP contribution in [0.25, 0.3) is 11.3 Å². The van der Waals surface area contributed by atoms with Crippen molar-refractivity contribution in [3.63, 3.8) is 0 Å². The third kappa shape index (κ3) is 2.79. The highest BCUT2D eigenvalue weighted by Gasteiger charge is 2.19. The fourth-order valence-corrected chi connectivity index (χ4v) is 2.91. The fourth-order valence-electron chi connectivity index (χ4n) is 1.54. The Kier molecular flexibility index (Phi) is 4.14. The van der Waals surface area contributed by atoms with Crippen molar-refractivity contribution >= 4 is 33.2 Å². The SMILES string of the molecule is CCOC(=O)c1sc(Br)nc1-c1ccc(C)cc1. The number of carbonyl (C=O) groups excluding carboxylic acids is 1. The number of halogens is 1. The van der Waals surface area contributed by atoms with Gasteiger partial charge in [-0.1, -0.05) is 41.2 Å². The van der Waals surface area contributed by atoms with Crippen LogP contribution in [0.5, 0.6) is 0 Å². The van der Waals surface area contributed by atoms with Gasteiger partial charge in [0, 0.05) is 5.56 Å². The van der Waals surface area contributed by atoms with E-state index in [4.69, 9.17) is 4.74 Å². The van der Waals surface area contributed by atoms with Crippen molar-refractivity contribution in [2.45, 2.75) is 13.8 Å². The zero-order chi connectivity index (χ0) is 13.1. The molecule has 1 heterocycles. The van der Waals surface area contributed by atoms with Gasteiger partial charge in [0.05, 0.1) is 12.3 Å². The fraction of sp³-hybridized carbons (Fsp3) is 0.231. The Morgan fingerprint density at radius 1 is 1.39 bits per heavy atom. The van der Waals surface area contributed by atoms with Gasteiger partial charge in [0.1, 0.15) is 4.88 Å². The zero-order valence-corrected chi connectivity index (χ0v) is 12.5. The van der Waals surface area contributed by atoms with Crippen LogP contribution in [0.1, 0.15) is 22.2 Å². The molecule has 5 heteroatoms. The van der Waals surface area contributed by atoms with E-state index >= 15 is 0 Å². The van der Waals surface area contributed by atoms with Gasteiger partial charge in [-0.3, -0.25) is 0 Å². The Balaban J connectivity index is 2.44. The summed E-state index contributed by atoms with van der Waals surface area (Å²) >= 11 is 4.61. The van der Waals surface area contributed by atoms with E-state index in [1.54, 1.807) is 6.92 Å². The summed E-state index contributed by atoms with van der Waals surface area (Å²) in [7, 11) is 0. The molecule has 2 rings (SSSR count). The number of esters is 1. The molecule has 3 nitrogen and oxygen atoms in total. The van der Waals surface area contributed by atoms with Crippen LogP contribution in [0.2, 0.25) is 0 Å². The first-order valence-electron chi connectivity index (χ1n) is 5.52. The molecule has 0 aliphatic heterocycles. The highest BCUT2D eigenvalue weighted by atomic mass is 79.9. The minimum Gasteiger partial charge on any atom is -0.462 e. The van der Waals surface area contributed by atoms with Gasteiger partial charge in [-0.15, -0.1) is 0 Å². The number of ether oxygens (including phenoxy) is 1. The largest absolute Gasteiger partial charge is 0.462 e.